The fraction of sp³-hybridized carbons (Fsp3) is 0.281. The van der Waals surface area contributed by atoms with Crippen LogP contribution in [0.15, 0.2) is 78.4 Å². The van der Waals surface area contributed by atoms with Crippen LogP contribution in [-0.4, -0.2) is 70.4 Å². The van der Waals surface area contributed by atoms with Crippen molar-refractivity contribution in [1.82, 2.24) is 20.2 Å². The number of rotatable bonds is 12. The first-order chi connectivity index (χ1) is 20.1. The molecule has 2 aromatic carbocycles. The number of benzene rings is 2. The van der Waals surface area contributed by atoms with Gasteiger partial charge in [-0.3, -0.25) is 19.4 Å². The Morgan fingerprint density at radius 1 is 0.976 bits per heavy atom. The lowest BCUT2D eigenvalue weighted by molar-refractivity contribution is 0.0784. The highest BCUT2D eigenvalue weighted by molar-refractivity contribution is 7.09. The maximum Gasteiger partial charge on any atom is 0.253 e. The summed E-state index contributed by atoms with van der Waals surface area (Å²) in [6.07, 6.45) is 2.56. The number of carbonyl (C=O) groups is 3. The molecule has 2 aromatic heterocycles. The molecule has 0 spiro atoms. The Labute approximate surface area is 249 Å². The first-order valence-corrected chi connectivity index (χ1v) is 14.4. The van der Waals surface area contributed by atoms with Gasteiger partial charge in [-0.1, -0.05) is 36.4 Å². The van der Waals surface area contributed by atoms with E-state index >= 15 is 0 Å². The number of aromatic nitrogens is 2. The summed E-state index contributed by atoms with van der Waals surface area (Å²) in [7, 11) is 3.50. The molecular weight excluding hydrogens is 550 g/mol. The number of aliphatic hydroxyl groups excluding tert-OH is 1. The normalized spacial score (nSPS) is 12.3. The van der Waals surface area contributed by atoms with Crippen molar-refractivity contribution in [3.63, 3.8) is 0 Å². The monoisotopic (exact) mass is 585 g/mol. The van der Waals surface area contributed by atoms with Crippen LogP contribution in [0.4, 0.5) is 5.69 Å². The number of Topliss-reactive ketones (excluding diaryl/α,β-unsaturated/α-hetero) is 1. The third kappa shape index (κ3) is 8.08. The predicted molar refractivity (Wildman–Crippen MR) is 164 cm³/mol. The van der Waals surface area contributed by atoms with E-state index in [4.69, 9.17) is 0 Å². The number of carbonyl (C=O) groups excluding carboxylic acids is 3. The van der Waals surface area contributed by atoms with E-state index in [1.54, 1.807) is 60.4 Å². The lowest BCUT2D eigenvalue weighted by Gasteiger charge is -2.29. The van der Waals surface area contributed by atoms with E-state index in [9.17, 15) is 19.5 Å². The zero-order valence-electron chi connectivity index (χ0n) is 24.2. The molecular formula is C32H35N5O4S. The van der Waals surface area contributed by atoms with Crippen LogP contribution >= 0.6 is 11.3 Å². The number of nitrogens with one attached hydrogen (secondary N) is 1. The summed E-state index contributed by atoms with van der Waals surface area (Å²) < 4.78 is 0. The van der Waals surface area contributed by atoms with Crippen LogP contribution in [0.1, 0.15) is 54.3 Å². The van der Waals surface area contributed by atoms with Crippen LogP contribution in [0.5, 0.6) is 0 Å². The molecule has 218 valence electrons. The number of likely N-dealkylation sites (N-methyl/N-ethyl adjacent to an activating group) is 1. The standard InChI is InChI=1S/C32H35N5O4S/c1-21-20-42-30(34-21)19-37(4)32(41)25-12-8-11-24(14-25)31(40)35-28(13-23-9-6-5-7-10-23)29(39)18-36(3)27-15-26(22(2)38)16-33-17-27/h5-12,14-17,20,28-29,39H,13,18-19H2,1-4H3,(H,35,40)/t28-,29+/m0/s1. The number of aryl methyl sites for hydroxylation is 1. The quantitative estimate of drug-likeness (QED) is 0.240. The summed E-state index contributed by atoms with van der Waals surface area (Å²) in [5, 5.41) is 17.1. The van der Waals surface area contributed by atoms with Gasteiger partial charge in [-0.15, -0.1) is 11.3 Å². The maximum atomic E-state index is 13.4. The number of pyridine rings is 1. The largest absolute Gasteiger partial charge is 0.389 e. The number of hydrogen-bond donors (Lipinski definition) is 2. The highest BCUT2D eigenvalue weighted by atomic mass is 32.1. The second-order valence-electron chi connectivity index (χ2n) is 10.3. The third-order valence-electron chi connectivity index (χ3n) is 6.87. The van der Waals surface area contributed by atoms with E-state index in [2.05, 4.69) is 15.3 Å². The molecule has 2 N–H and O–H groups in total. The van der Waals surface area contributed by atoms with Gasteiger partial charge in [0.15, 0.2) is 5.78 Å². The molecule has 0 aliphatic carbocycles. The van der Waals surface area contributed by atoms with Gasteiger partial charge in [0, 0.05) is 54.6 Å². The number of anilines is 1. The first-order valence-electron chi connectivity index (χ1n) is 13.6. The molecule has 10 heteroatoms. The van der Waals surface area contributed by atoms with Crippen LogP contribution in [0.3, 0.4) is 0 Å². The van der Waals surface area contributed by atoms with Crippen LogP contribution in [0.25, 0.3) is 0 Å². The smallest absolute Gasteiger partial charge is 0.253 e. The molecule has 2 amide bonds. The molecule has 42 heavy (non-hydrogen) atoms. The second-order valence-corrected chi connectivity index (χ2v) is 11.3. The number of ketones is 1. The van der Waals surface area contributed by atoms with Crippen LogP contribution < -0.4 is 10.2 Å². The first kappa shape index (κ1) is 30.5. The van der Waals surface area contributed by atoms with Gasteiger partial charge < -0.3 is 20.2 Å². The van der Waals surface area contributed by atoms with E-state index in [1.807, 2.05) is 42.6 Å². The summed E-state index contributed by atoms with van der Waals surface area (Å²) >= 11 is 1.50. The van der Waals surface area contributed by atoms with Crippen molar-refractivity contribution in [3.05, 3.63) is 111 Å². The average molecular weight is 586 g/mol. The molecule has 0 radical (unpaired) electrons. The Morgan fingerprint density at radius 2 is 1.71 bits per heavy atom. The average Bonchev–Trinajstić information content (AvgIpc) is 3.40. The minimum absolute atomic E-state index is 0.0993. The Balaban J connectivity index is 1.49. The van der Waals surface area contributed by atoms with Gasteiger partial charge in [-0.25, -0.2) is 4.98 Å². The van der Waals surface area contributed by atoms with Crippen molar-refractivity contribution in [2.24, 2.45) is 0 Å². The van der Waals surface area contributed by atoms with Crippen molar-refractivity contribution in [3.8, 4) is 0 Å². The zero-order chi connectivity index (χ0) is 30.2. The summed E-state index contributed by atoms with van der Waals surface area (Å²) in [5.41, 5.74) is 3.72. The summed E-state index contributed by atoms with van der Waals surface area (Å²) in [4.78, 5) is 50.3. The molecule has 0 saturated carbocycles. The minimum Gasteiger partial charge on any atom is -0.389 e. The number of aliphatic hydroxyl groups is 1. The molecule has 9 nitrogen and oxygen atoms in total. The van der Waals surface area contributed by atoms with Gasteiger partial charge in [-0.2, -0.15) is 0 Å². The molecule has 0 fully saturated rings. The van der Waals surface area contributed by atoms with E-state index in [0.717, 1.165) is 16.3 Å². The summed E-state index contributed by atoms with van der Waals surface area (Å²) in [6.45, 7) is 3.94. The Kier molecular flexibility index (Phi) is 10.2. The number of amides is 2. The van der Waals surface area contributed by atoms with E-state index < -0.39 is 18.1 Å². The predicted octanol–water partition coefficient (Wildman–Crippen LogP) is 4.16. The zero-order valence-corrected chi connectivity index (χ0v) is 25.0. The van der Waals surface area contributed by atoms with Gasteiger partial charge in [0.2, 0.25) is 0 Å². The van der Waals surface area contributed by atoms with Gasteiger partial charge in [-0.05, 0) is 50.1 Å². The highest BCUT2D eigenvalue weighted by Gasteiger charge is 2.25. The minimum atomic E-state index is -0.960. The van der Waals surface area contributed by atoms with Crippen molar-refractivity contribution in [2.45, 2.75) is 39.0 Å². The molecule has 4 aromatic rings. The Hall–Kier alpha value is -4.41. The van der Waals surface area contributed by atoms with Gasteiger partial charge in [0.1, 0.15) is 5.01 Å². The Morgan fingerprint density at radius 3 is 2.40 bits per heavy atom. The fourth-order valence-electron chi connectivity index (χ4n) is 4.51. The highest BCUT2D eigenvalue weighted by Crippen LogP contribution is 2.17. The molecule has 0 bridgehead atoms. The molecule has 2 atom stereocenters. The lowest BCUT2D eigenvalue weighted by atomic mass is 9.99. The molecule has 0 aliphatic heterocycles. The molecule has 0 saturated heterocycles. The number of nitrogens with zero attached hydrogens (tertiary/aromatic N) is 4. The van der Waals surface area contributed by atoms with Crippen molar-refractivity contribution >= 4 is 34.6 Å². The fourth-order valence-corrected chi connectivity index (χ4v) is 5.33. The van der Waals surface area contributed by atoms with E-state index in [-0.39, 0.29) is 18.2 Å². The van der Waals surface area contributed by atoms with Gasteiger partial charge in [0.25, 0.3) is 11.8 Å². The van der Waals surface area contributed by atoms with Crippen LogP contribution in [0.2, 0.25) is 0 Å². The Bertz CT molecular complexity index is 1540. The van der Waals surface area contributed by atoms with Crippen LogP contribution in [-0.2, 0) is 13.0 Å². The van der Waals surface area contributed by atoms with E-state index in [0.29, 0.717) is 35.3 Å². The third-order valence-corrected chi connectivity index (χ3v) is 7.82. The van der Waals surface area contributed by atoms with Crippen molar-refractivity contribution in [2.75, 3.05) is 25.5 Å². The molecule has 2 heterocycles. The lowest BCUT2D eigenvalue weighted by Crippen LogP contribution is -2.49. The topological polar surface area (TPSA) is 116 Å². The van der Waals surface area contributed by atoms with Crippen molar-refractivity contribution in [1.29, 1.82) is 0 Å². The SMILES string of the molecule is CC(=O)c1cncc(N(C)C[C@@H](O)[C@H](Cc2ccccc2)NC(=O)c2cccc(C(=O)N(C)Cc3nc(C)cs3)c2)c1. The molecule has 0 unspecified atom stereocenters. The number of thiazole rings is 1. The van der Waals surface area contributed by atoms with Gasteiger partial charge >= 0.3 is 0 Å². The molecule has 0 aliphatic rings. The van der Waals surface area contributed by atoms with Gasteiger partial charge in [0.05, 0.1) is 30.6 Å². The van der Waals surface area contributed by atoms with Crippen molar-refractivity contribution < 1.29 is 19.5 Å². The summed E-state index contributed by atoms with van der Waals surface area (Å²) in [6, 6.07) is 17.3. The van der Waals surface area contributed by atoms with Crippen LogP contribution in [0, 0.1) is 6.92 Å². The molecule has 4 rings (SSSR count). The summed E-state index contributed by atoms with van der Waals surface area (Å²) in [5.74, 6) is -0.718. The number of hydrogen-bond acceptors (Lipinski definition) is 8. The maximum absolute atomic E-state index is 13.4. The second kappa shape index (κ2) is 14.0. The van der Waals surface area contributed by atoms with E-state index in [1.165, 1.54) is 24.5 Å².